The molecule has 0 aliphatic rings. The predicted octanol–water partition coefficient (Wildman–Crippen LogP) is 3.19. The quantitative estimate of drug-likeness (QED) is 0.687. The van der Waals surface area contributed by atoms with E-state index in [9.17, 15) is 14.7 Å². The molecular weight excluding hydrogens is 282 g/mol. The summed E-state index contributed by atoms with van der Waals surface area (Å²) in [6.07, 6.45) is 3.18. The van der Waals surface area contributed by atoms with Gasteiger partial charge in [0.05, 0.1) is 5.41 Å². The van der Waals surface area contributed by atoms with Crippen LogP contribution in [-0.4, -0.2) is 30.2 Å². The van der Waals surface area contributed by atoms with E-state index in [1.165, 1.54) is 0 Å². The average Bonchev–Trinajstić information content (AvgIpc) is 2.47. The number of carbonyl (C=O) groups excluding carboxylic acids is 1. The van der Waals surface area contributed by atoms with Crippen LogP contribution in [0.1, 0.15) is 45.6 Å². The summed E-state index contributed by atoms with van der Waals surface area (Å²) in [5.74, 6) is -1.09. The molecule has 1 amide bonds. The summed E-state index contributed by atoms with van der Waals surface area (Å²) >= 11 is 0. The molecule has 0 aromatic heterocycles. The van der Waals surface area contributed by atoms with Crippen LogP contribution in [-0.2, 0) is 19.7 Å². The van der Waals surface area contributed by atoms with Gasteiger partial charge in [0.25, 0.3) is 0 Å². The van der Waals surface area contributed by atoms with Crippen molar-refractivity contribution in [2.24, 2.45) is 0 Å². The molecule has 0 unspecified atom stereocenters. The van der Waals surface area contributed by atoms with E-state index < -0.39 is 11.4 Å². The molecule has 0 fully saturated rings. The lowest BCUT2D eigenvalue weighted by atomic mass is 9.85. The number of carboxylic acids is 1. The molecule has 122 valence electrons. The topological polar surface area (TPSA) is 75.6 Å². The fraction of sp³-hybridized carbons (Fsp3) is 0.529. The zero-order valence-corrected chi connectivity index (χ0v) is 13.5. The van der Waals surface area contributed by atoms with Crippen LogP contribution < -0.4 is 5.32 Å². The monoisotopic (exact) mass is 307 g/mol. The number of carbonyl (C=O) groups is 2. The first-order chi connectivity index (χ1) is 10.4. The summed E-state index contributed by atoms with van der Waals surface area (Å²) < 4.78 is 5.29. The van der Waals surface area contributed by atoms with Crippen LogP contribution in [0.2, 0.25) is 0 Å². The van der Waals surface area contributed by atoms with Crippen molar-refractivity contribution in [3.05, 3.63) is 29.8 Å². The second-order valence-electron chi connectivity index (χ2n) is 5.82. The van der Waals surface area contributed by atoms with E-state index in [1.54, 1.807) is 38.1 Å². The Labute approximate surface area is 131 Å². The molecule has 0 bridgehead atoms. The van der Waals surface area contributed by atoms with Crippen LogP contribution in [0.3, 0.4) is 0 Å². The Balaban J connectivity index is 2.47. The number of nitrogens with one attached hydrogen (secondary N) is 1. The number of hydrogen-bond acceptors (Lipinski definition) is 3. The lowest BCUT2D eigenvalue weighted by Crippen LogP contribution is -2.28. The SMILES string of the molecule is CCCCCOCC(=O)Nc1ccc(C(C)(C)C(=O)O)cc1. The Morgan fingerprint density at radius 2 is 1.82 bits per heavy atom. The lowest BCUT2D eigenvalue weighted by Gasteiger charge is -2.19. The molecule has 2 N–H and O–H groups in total. The van der Waals surface area contributed by atoms with Gasteiger partial charge in [0.1, 0.15) is 6.61 Å². The van der Waals surface area contributed by atoms with Gasteiger partial charge in [-0.25, -0.2) is 0 Å². The van der Waals surface area contributed by atoms with Crippen molar-refractivity contribution in [3.8, 4) is 0 Å². The van der Waals surface area contributed by atoms with Crippen LogP contribution in [0.15, 0.2) is 24.3 Å². The molecule has 0 spiro atoms. The van der Waals surface area contributed by atoms with Gasteiger partial charge in [-0.2, -0.15) is 0 Å². The molecule has 0 aliphatic carbocycles. The maximum absolute atomic E-state index is 11.7. The third-order valence-corrected chi connectivity index (χ3v) is 3.55. The Bertz CT molecular complexity index is 494. The van der Waals surface area contributed by atoms with Gasteiger partial charge in [-0.3, -0.25) is 9.59 Å². The van der Waals surface area contributed by atoms with Crippen LogP contribution in [0, 0.1) is 0 Å². The number of benzene rings is 1. The zero-order chi connectivity index (χ0) is 16.6. The highest BCUT2D eigenvalue weighted by molar-refractivity contribution is 5.91. The zero-order valence-electron chi connectivity index (χ0n) is 13.5. The molecule has 1 aromatic rings. The molecule has 1 aromatic carbocycles. The summed E-state index contributed by atoms with van der Waals surface area (Å²) in [6.45, 7) is 6.03. The first kappa shape index (κ1) is 18.2. The summed E-state index contributed by atoms with van der Waals surface area (Å²) in [7, 11) is 0. The molecule has 0 atom stereocenters. The van der Waals surface area contributed by atoms with Crippen LogP contribution >= 0.6 is 0 Å². The average molecular weight is 307 g/mol. The minimum atomic E-state index is -0.953. The van der Waals surface area contributed by atoms with Crippen LogP contribution in [0.5, 0.6) is 0 Å². The molecule has 0 heterocycles. The van der Waals surface area contributed by atoms with Crippen molar-refractivity contribution in [1.29, 1.82) is 0 Å². The summed E-state index contributed by atoms with van der Waals surface area (Å²) in [5.41, 5.74) is 0.367. The van der Waals surface area contributed by atoms with E-state index in [1.807, 2.05) is 0 Å². The predicted molar refractivity (Wildman–Crippen MR) is 86.1 cm³/mol. The first-order valence-electron chi connectivity index (χ1n) is 7.59. The van der Waals surface area contributed by atoms with E-state index in [4.69, 9.17) is 4.74 Å². The highest BCUT2D eigenvalue weighted by Gasteiger charge is 2.29. The molecule has 22 heavy (non-hydrogen) atoms. The van der Waals surface area contributed by atoms with E-state index in [0.29, 0.717) is 17.9 Å². The summed E-state index contributed by atoms with van der Waals surface area (Å²) in [4.78, 5) is 22.9. The molecule has 5 heteroatoms. The maximum Gasteiger partial charge on any atom is 0.313 e. The van der Waals surface area contributed by atoms with Gasteiger partial charge < -0.3 is 15.2 Å². The van der Waals surface area contributed by atoms with Gasteiger partial charge in [0.15, 0.2) is 0 Å². The fourth-order valence-corrected chi connectivity index (χ4v) is 1.91. The molecule has 0 saturated carbocycles. The largest absolute Gasteiger partial charge is 0.481 e. The van der Waals surface area contributed by atoms with Gasteiger partial charge in [-0.15, -0.1) is 0 Å². The van der Waals surface area contributed by atoms with E-state index in [-0.39, 0.29) is 12.5 Å². The molecule has 1 rings (SSSR count). The Morgan fingerprint density at radius 1 is 1.18 bits per heavy atom. The minimum absolute atomic E-state index is 0.0338. The van der Waals surface area contributed by atoms with Crippen molar-refractivity contribution >= 4 is 17.6 Å². The number of ether oxygens (including phenoxy) is 1. The van der Waals surface area contributed by atoms with Crippen molar-refractivity contribution in [2.45, 2.75) is 45.4 Å². The lowest BCUT2D eigenvalue weighted by molar-refractivity contribution is -0.142. The second-order valence-corrected chi connectivity index (χ2v) is 5.82. The van der Waals surface area contributed by atoms with Crippen molar-refractivity contribution in [1.82, 2.24) is 0 Å². The normalized spacial score (nSPS) is 11.2. The summed E-state index contributed by atoms with van der Waals surface area (Å²) in [6, 6.07) is 6.84. The fourth-order valence-electron chi connectivity index (χ4n) is 1.91. The number of aliphatic carboxylic acids is 1. The molecule has 0 saturated heterocycles. The number of carboxylic acid groups (broad SMARTS) is 1. The van der Waals surface area contributed by atoms with Gasteiger partial charge >= 0.3 is 5.97 Å². The molecule has 5 nitrogen and oxygen atoms in total. The Hall–Kier alpha value is -1.88. The number of hydrogen-bond donors (Lipinski definition) is 2. The first-order valence-corrected chi connectivity index (χ1v) is 7.59. The van der Waals surface area contributed by atoms with Crippen LogP contribution in [0.25, 0.3) is 0 Å². The summed E-state index contributed by atoms with van der Waals surface area (Å²) in [5, 5.41) is 11.9. The van der Waals surface area contributed by atoms with Gasteiger partial charge in [0, 0.05) is 12.3 Å². The van der Waals surface area contributed by atoms with E-state index in [2.05, 4.69) is 12.2 Å². The molecule has 0 radical (unpaired) electrons. The Morgan fingerprint density at radius 3 is 2.36 bits per heavy atom. The highest BCUT2D eigenvalue weighted by atomic mass is 16.5. The Kier molecular flexibility index (Phi) is 7.05. The van der Waals surface area contributed by atoms with Crippen molar-refractivity contribution < 1.29 is 19.4 Å². The van der Waals surface area contributed by atoms with Crippen LogP contribution in [0.4, 0.5) is 5.69 Å². The van der Waals surface area contributed by atoms with E-state index in [0.717, 1.165) is 19.3 Å². The minimum Gasteiger partial charge on any atom is -0.481 e. The van der Waals surface area contributed by atoms with Crippen molar-refractivity contribution in [3.63, 3.8) is 0 Å². The van der Waals surface area contributed by atoms with Crippen molar-refractivity contribution in [2.75, 3.05) is 18.5 Å². The molecular formula is C17H25NO4. The maximum atomic E-state index is 11.7. The van der Waals surface area contributed by atoms with E-state index >= 15 is 0 Å². The number of rotatable bonds is 9. The number of anilines is 1. The van der Waals surface area contributed by atoms with Gasteiger partial charge in [-0.05, 0) is 38.0 Å². The number of amides is 1. The molecule has 0 aliphatic heterocycles. The number of unbranched alkanes of at least 4 members (excludes halogenated alkanes) is 2. The smallest absolute Gasteiger partial charge is 0.313 e. The second kappa shape index (κ2) is 8.54. The third kappa shape index (κ3) is 5.48. The standard InChI is InChI=1S/C17H25NO4/c1-4-5-6-11-22-12-15(19)18-14-9-7-13(8-10-14)17(2,3)16(20)21/h7-10H,4-6,11-12H2,1-3H3,(H,18,19)(H,20,21). The van der Waals surface area contributed by atoms with Gasteiger partial charge in [0.2, 0.25) is 5.91 Å². The third-order valence-electron chi connectivity index (χ3n) is 3.55. The highest BCUT2D eigenvalue weighted by Crippen LogP contribution is 2.24. The van der Waals surface area contributed by atoms with Gasteiger partial charge in [-0.1, -0.05) is 31.9 Å².